The number of nitrogens with one attached hydrogen (secondary N) is 1. The number of hydrogen-bond acceptors (Lipinski definition) is 4. The minimum absolute atomic E-state index is 0.00920. The molecular weight excluding hydrogens is 389 g/mol. The second-order valence-corrected chi connectivity index (χ2v) is 7.23. The first-order valence-electron chi connectivity index (χ1n) is 9.27. The first-order valence-corrected chi connectivity index (χ1v) is 9.27. The van der Waals surface area contributed by atoms with Crippen molar-refractivity contribution in [1.82, 2.24) is 14.5 Å². The van der Waals surface area contributed by atoms with Crippen molar-refractivity contribution in [2.24, 2.45) is 5.92 Å². The predicted molar refractivity (Wildman–Crippen MR) is 97.4 cm³/mol. The highest BCUT2D eigenvalue weighted by Gasteiger charge is 2.35. The van der Waals surface area contributed by atoms with Crippen molar-refractivity contribution in [1.29, 1.82) is 0 Å². The summed E-state index contributed by atoms with van der Waals surface area (Å²) in [4.78, 5) is 31.5. The number of halogens is 3. The van der Waals surface area contributed by atoms with Gasteiger partial charge in [-0.1, -0.05) is 25.7 Å². The molecule has 0 spiro atoms. The van der Waals surface area contributed by atoms with E-state index in [1.807, 2.05) is 0 Å². The monoisotopic (exact) mass is 410 g/mol. The minimum Gasteiger partial charge on any atom is -0.478 e. The van der Waals surface area contributed by atoms with Crippen LogP contribution in [-0.2, 0) is 11.0 Å². The Balaban J connectivity index is 1.83. The maximum Gasteiger partial charge on any atom is 0.434 e. The van der Waals surface area contributed by atoms with Gasteiger partial charge in [-0.3, -0.25) is 4.79 Å². The summed E-state index contributed by atoms with van der Waals surface area (Å²) >= 11 is 0. The van der Waals surface area contributed by atoms with Gasteiger partial charge < -0.3 is 15.0 Å². The average Bonchev–Trinajstić information content (AvgIpc) is 3.30. The molecular formula is C19H21F3N4O3. The highest BCUT2D eigenvalue weighted by molar-refractivity contribution is 5.94. The number of anilines is 1. The number of aryl methyl sites for hydroxylation is 1. The van der Waals surface area contributed by atoms with Crippen LogP contribution in [0.1, 0.15) is 59.9 Å². The van der Waals surface area contributed by atoms with E-state index in [2.05, 4.69) is 15.3 Å². The second kappa shape index (κ2) is 8.22. The van der Waals surface area contributed by atoms with E-state index in [9.17, 15) is 22.8 Å². The fraction of sp³-hybridized carbons (Fsp3) is 0.474. The van der Waals surface area contributed by atoms with Gasteiger partial charge in [0.2, 0.25) is 5.91 Å². The first kappa shape index (κ1) is 20.8. The van der Waals surface area contributed by atoms with Gasteiger partial charge in [0.05, 0.1) is 17.6 Å². The molecule has 1 atom stereocenters. The first-order chi connectivity index (χ1) is 13.6. The Kier molecular flexibility index (Phi) is 5.90. The maximum atomic E-state index is 12.9. The molecule has 0 aromatic carbocycles. The van der Waals surface area contributed by atoms with Gasteiger partial charge in [-0.2, -0.15) is 13.2 Å². The van der Waals surface area contributed by atoms with Gasteiger partial charge in [0.15, 0.2) is 5.69 Å². The Hall–Kier alpha value is -2.91. The number of amides is 1. The van der Waals surface area contributed by atoms with Gasteiger partial charge in [-0.25, -0.2) is 14.8 Å². The number of imidazole rings is 1. The third-order valence-corrected chi connectivity index (χ3v) is 5.15. The second-order valence-electron chi connectivity index (χ2n) is 7.23. The van der Waals surface area contributed by atoms with Gasteiger partial charge in [-0.05, 0) is 31.4 Å². The van der Waals surface area contributed by atoms with Gasteiger partial charge in [0.25, 0.3) is 0 Å². The number of aromatic carboxylic acids is 1. The highest BCUT2D eigenvalue weighted by atomic mass is 19.4. The maximum absolute atomic E-state index is 12.9. The molecule has 2 N–H and O–H groups in total. The highest BCUT2D eigenvalue weighted by Crippen LogP contribution is 2.34. The standard InChI is InChI=1S/C19H21F3N4O3/c1-11-13(18(28)29)6-7-16(24-11)25-17(27)14(8-12-4-2-3-5-12)26-9-15(23-10-26)19(20,21)22/h6-7,9-10,12,14H,2-5,8H2,1H3,(H,28,29)(H,24,25,27). The number of carbonyl (C=O) groups is 2. The van der Waals surface area contributed by atoms with E-state index in [4.69, 9.17) is 5.11 Å². The number of nitrogens with zero attached hydrogens (tertiary/aromatic N) is 3. The van der Waals surface area contributed by atoms with Crippen LogP contribution in [0.15, 0.2) is 24.7 Å². The van der Waals surface area contributed by atoms with Gasteiger partial charge in [0, 0.05) is 6.20 Å². The lowest BCUT2D eigenvalue weighted by molar-refractivity contribution is -0.141. The molecule has 7 nitrogen and oxygen atoms in total. The van der Waals surface area contributed by atoms with Crippen molar-refractivity contribution in [3.63, 3.8) is 0 Å². The summed E-state index contributed by atoms with van der Waals surface area (Å²) in [6.07, 6.45) is 1.59. The number of carboxylic acids is 1. The number of alkyl halides is 3. The normalized spacial score (nSPS) is 16.0. The number of carboxylic acid groups (broad SMARTS) is 1. The van der Waals surface area contributed by atoms with Crippen molar-refractivity contribution in [2.75, 3.05) is 5.32 Å². The summed E-state index contributed by atoms with van der Waals surface area (Å²) in [5, 5.41) is 11.7. The molecule has 1 aliphatic carbocycles. The molecule has 1 fully saturated rings. The summed E-state index contributed by atoms with van der Waals surface area (Å²) < 4.78 is 40.0. The zero-order valence-corrected chi connectivity index (χ0v) is 15.7. The molecule has 10 heteroatoms. The lowest BCUT2D eigenvalue weighted by Crippen LogP contribution is -2.27. The molecule has 0 saturated heterocycles. The smallest absolute Gasteiger partial charge is 0.434 e. The van der Waals surface area contributed by atoms with Crippen LogP contribution in [0.2, 0.25) is 0 Å². The average molecular weight is 410 g/mol. The Morgan fingerprint density at radius 2 is 2.00 bits per heavy atom. The van der Waals surface area contributed by atoms with Gasteiger partial charge in [0.1, 0.15) is 11.9 Å². The summed E-state index contributed by atoms with van der Waals surface area (Å²) in [5.74, 6) is -1.26. The quantitative estimate of drug-likeness (QED) is 0.748. The number of pyridine rings is 1. The number of hydrogen-bond donors (Lipinski definition) is 2. The topological polar surface area (TPSA) is 97.1 Å². The van der Waals surface area contributed by atoms with E-state index in [1.54, 1.807) is 0 Å². The van der Waals surface area contributed by atoms with Crippen LogP contribution < -0.4 is 5.32 Å². The molecule has 29 heavy (non-hydrogen) atoms. The summed E-state index contributed by atoms with van der Waals surface area (Å²) in [7, 11) is 0. The van der Waals surface area contributed by atoms with Crippen molar-refractivity contribution >= 4 is 17.7 Å². The largest absolute Gasteiger partial charge is 0.478 e. The Morgan fingerprint density at radius 3 is 2.55 bits per heavy atom. The lowest BCUT2D eigenvalue weighted by atomic mass is 9.97. The van der Waals surface area contributed by atoms with E-state index < -0.39 is 29.8 Å². The van der Waals surface area contributed by atoms with Crippen LogP contribution in [0, 0.1) is 12.8 Å². The minimum atomic E-state index is -4.59. The van der Waals surface area contributed by atoms with Crippen LogP contribution in [0.4, 0.5) is 19.0 Å². The number of carbonyl (C=O) groups excluding carboxylic acids is 1. The van der Waals surface area contributed by atoms with E-state index in [0.29, 0.717) is 6.42 Å². The van der Waals surface area contributed by atoms with Gasteiger partial charge in [-0.15, -0.1) is 0 Å². The molecule has 0 aliphatic heterocycles. The lowest BCUT2D eigenvalue weighted by Gasteiger charge is -2.21. The van der Waals surface area contributed by atoms with Crippen LogP contribution >= 0.6 is 0 Å². The zero-order chi connectivity index (χ0) is 21.2. The SMILES string of the molecule is Cc1nc(NC(=O)C(CC2CCCC2)n2cnc(C(F)(F)F)c2)ccc1C(=O)O. The fourth-order valence-corrected chi connectivity index (χ4v) is 3.65. The predicted octanol–water partition coefficient (Wildman–Crippen LogP) is 4.06. The molecule has 0 bridgehead atoms. The van der Waals surface area contributed by atoms with Gasteiger partial charge >= 0.3 is 12.1 Å². The molecule has 2 aromatic heterocycles. The molecule has 1 amide bonds. The van der Waals surface area contributed by atoms with Crippen molar-refractivity contribution < 1.29 is 27.9 Å². The Labute approximate surface area is 165 Å². The Morgan fingerprint density at radius 1 is 1.31 bits per heavy atom. The molecule has 2 aromatic rings. The molecule has 1 unspecified atom stereocenters. The summed E-state index contributed by atoms with van der Waals surface area (Å²) in [6.45, 7) is 1.50. The Bertz CT molecular complexity index is 904. The number of rotatable bonds is 6. The van der Waals surface area contributed by atoms with E-state index in [0.717, 1.165) is 38.2 Å². The third kappa shape index (κ3) is 4.93. The molecule has 156 valence electrons. The molecule has 3 rings (SSSR count). The van der Waals surface area contributed by atoms with Crippen molar-refractivity contribution in [2.45, 2.75) is 51.2 Å². The van der Waals surface area contributed by atoms with Crippen molar-refractivity contribution in [3.05, 3.63) is 41.6 Å². The van der Waals surface area contributed by atoms with Crippen LogP contribution in [0.5, 0.6) is 0 Å². The molecule has 1 aliphatic rings. The van der Waals surface area contributed by atoms with E-state index in [1.165, 1.54) is 23.6 Å². The fourth-order valence-electron chi connectivity index (χ4n) is 3.65. The van der Waals surface area contributed by atoms with Crippen LogP contribution in [0.25, 0.3) is 0 Å². The van der Waals surface area contributed by atoms with Crippen molar-refractivity contribution in [3.8, 4) is 0 Å². The zero-order valence-electron chi connectivity index (χ0n) is 15.7. The van der Waals surface area contributed by atoms with Crippen LogP contribution in [-0.4, -0.2) is 31.5 Å². The molecule has 0 radical (unpaired) electrons. The summed E-state index contributed by atoms with van der Waals surface area (Å²) in [5.41, 5.74) is -0.818. The van der Waals surface area contributed by atoms with E-state index >= 15 is 0 Å². The van der Waals surface area contributed by atoms with Crippen LogP contribution in [0.3, 0.4) is 0 Å². The molecule has 1 saturated carbocycles. The molecule has 2 heterocycles. The third-order valence-electron chi connectivity index (χ3n) is 5.15. The van der Waals surface area contributed by atoms with E-state index in [-0.39, 0.29) is 23.0 Å². The summed E-state index contributed by atoms with van der Waals surface area (Å²) in [6, 6.07) is 1.81. The number of aromatic nitrogens is 3.